The average molecular weight is 497 g/mol. The molecule has 2 heterocycles. The lowest BCUT2D eigenvalue weighted by atomic mass is 10.2. The third kappa shape index (κ3) is 7.46. The average Bonchev–Trinajstić information content (AvgIpc) is 2.75. The zero-order chi connectivity index (χ0) is 23.1. The first kappa shape index (κ1) is 24.5. The van der Waals surface area contributed by atoms with Crippen LogP contribution in [-0.4, -0.2) is 68.7 Å². The fourth-order valence-corrected chi connectivity index (χ4v) is 4.21. The van der Waals surface area contributed by atoms with E-state index in [-0.39, 0.29) is 12.0 Å². The molecule has 2 aromatic rings. The van der Waals surface area contributed by atoms with Gasteiger partial charge in [0.25, 0.3) is 0 Å². The summed E-state index contributed by atoms with van der Waals surface area (Å²) in [7, 11) is 0. The number of hydrogen-bond acceptors (Lipinski definition) is 7. The van der Waals surface area contributed by atoms with Crippen LogP contribution in [0.4, 0.5) is 0 Å². The van der Waals surface area contributed by atoms with E-state index in [1.165, 1.54) is 24.9 Å². The molecule has 0 saturated carbocycles. The van der Waals surface area contributed by atoms with E-state index in [1.807, 2.05) is 12.1 Å². The number of aliphatic carboxylic acids is 1. The lowest BCUT2D eigenvalue weighted by molar-refractivity contribution is -0.131. The van der Waals surface area contributed by atoms with Crippen LogP contribution in [0.2, 0.25) is 10.0 Å². The van der Waals surface area contributed by atoms with Crippen LogP contribution in [0.15, 0.2) is 41.4 Å². The molecule has 3 rings (SSSR count). The number of rotatable bonds is 8. The van der Waals surface area contributed by atoms with Gasteiger partial charge in [-0.2, -0.15) is 0 Å². The minimum absolute atomic E-state index is 0.128. The van der Waals surface area contributed by atoms with Crippen molar-refractivity contribution in [2.45, 2.75) is 24.6 Å². The van der Waals surface area contributed by atoms with Gasteiger partial charge in [0, 0.05) is 44.6 Å². The summed E-state index contributed by atoms with van der Waals surface area (Å²) in [5, 5.41) is 18.3. The zero-order valence-electron chi connectivity index (χ0n) is 17.3. The van der Waals surface area contributed by atoms with Gasteiger partial charge in [-0.3, -0.25) is 14.0 Å². The van der Waals surface area contributed by atoms with Gasteiger partial charge in [-0.1, -0.05) is 29.3 Å². The molecule has 8 nitrogen and oxygen atoms in total. The second-order valence-corrected chi connectivity index (χ2v) is 8.97. The summed E-state index contributed by atoms with van der Waals surface area (Å²) < 4.78 is 7.47. The van der Waals surface area contributed by atoms with Gasteiger partial charge in [0.05, 0.1) is 35.0 Å². The first-order valence-corrected chi connectivity index (χ1v) is 11.3. The van der Waals surface area contributed by atoms with Crippen molar-refractivity contribution in [3.05, 3.63) is 57.7 Å². The summed E-state index contributed by atoms with van der Waals surface area (Å²) in [4.78, 5) is 25.0. The van der Waals surface area contributed by atoms with Gasteiger partial charge < -0.3 is 9.84 Å². The summed E-state index contributed by atoms with van der Waals surface area (Å²) in [5.41, 5.74) is 1.48. The van der Waals surface area contributed by atoms with Crippen LogP contribution < -0.4 is 0 Å². The number of halogens is 2. The lowest BCUT2D eigenvalue weighted by Gasteiger charge is -2.35. The fraction of sp³-hybridized carbons (Fsp3) is 0.333. The van der Waals surface area contributed by atoms with Crippen molar-refractivity contribution in [2.75, 3.05) is 26.2 Å². The summed E-state index contributed by atoms with van der Waals surface area (Å²) in [6, 6.07) is 8.93. The molecule has 1 aliphatic rings. The Morgan fingerprint density at radius 2 is 2.09 bits per heavy atom. The third-order valence-electron chi connectivity index (χ3n) is 4.59. The van der Waals surface area contributed by atoms with Crippen LogP contribution >= 0.6 is 35.1 Å². The van der Waals surface area contributed by atoms with Crippen molar-refractivity contribution >= 4 is 53.1 Å². The van der Waals surface area contributed by atoms with E-state index in [0.717, 1.165) is 18.2 Å². The predicted octanol–water partition coefficient (Wildman–Crippen LogP) is 3.64. The zero-order valence-corrected chi connectivity index (χ0v) is 19.6. The van der Waals surface area contributed by atoms with Gasteiger partial charge in [-0.15, -0.1) is 10.2 Å². The first-order valence-electron chi connectivity index (χ1n) is 9.79. The molecule has 1 aromatic heterocycles. The van der Waals surface area contributed by atoms with Crippen LogP contribution in [-0.2, 0) is 20.9 Å². The maximum Gasteiger partial charge on any atom is 0.328 e. The topological polar surface area (TPSA) is 95.9 Å². The number of aromatic nitrogens is 2. The highest BCUT2D eigenvalue weighted by atomic mass is 35.5. The highest BCUT2D eigenvalue weighted by molar-refractivity contribution is 7.97. The Balaban J connectivity index is 1.58. The van der Waals surface area contributed by atoms with Gasteiger partial charge in [0.1, 0.15) is 5.03 Å². The standard InChI is InChI=1S/C21H22Cl2N4O4S/c1-14(28)27(32-20-6-3-16(24-25-20)4-7-21(29)30)13-17-12-26(8-9-31-17)11-15-2-5-18(22)19(23)10-15/h2-7,10,17H,8-9,11-13H2,1H3,(H,29,30)/t17-/m0/s1. The number of benzene rings is 1. The maximum atomic E-state index is 12.2. The number of carbonyl (C=O) groups excluding carboxylic acids is 1. The Bertz CT molecular complexity index is 990. The van der Waals surface area contributed by atoms with E-state index in [2.05, 4.69) is 15.1 Å². The van der Waals surface area contributed by atoms with Crippen LogP contribution in [0.25, 0.3) is 6.08 Å². The number of amides is 1. The minimum Gasteiger partial charge on any atom is -0.478 e. The maximum absolute atomic E-state index is 12.2. The number of ether oxygens (including phenoxy) is 1. The quantitative estimate of drug-likeness (QED) is 0.437. The Labute approximate surface area is 200 Å². The smallest absolute Gasteiger partial charge is 0.328 e. The molecule has 1 fully saturated rings. The molecule has 0 aliphatic carbocycles. The molecule has 0 radical (unpaired) electrons. The van der Waals surface area contributed by atoms with Crippen LogP contribution in [0, 0.1) is 0 Å². The van der Waals surface area contributed by atoms with Crippen molar-refractivity contribution in [3.63, 3.8) is 0 Å². The first-order chi connectivity index (χ1) is 15.3. The van der Waals surface area contributed by atoms with Crippen LogP contribution in [0.3, 0.4) is 0 Å². The van der Waals surface area contributed by atoms with Crippen molar-refractivity contribution in [3.8, 4) is 0 Å². The van der Waals surface area contributed by atoms with Gasteiger partial charge in [0.15, 0.2) is 0 Å². The Morgan fingerprint density at radius 3 is 2.75 bits per heavy atom. The fourth-order valence-electron chi connectivity index (χ4n) is 3.08. The molecule has 0 unspecified atom stereocenters. The van der Waals surface area contributed by atoms with E-state index >= 15 is 0 Å². The largest absolute Gasteiger partial charge is 0.478 e. The number of nitrogens with zero attached hydrogens (tertiary/aromatic N) is 4. The Morgan fingerprint density at radius 1 is 1.28 bits per heavy atom. The highest BCUT2D eigenvalue weighted by Gasteiger charge is 2.25. The van der Waals surface area contributed by atoms with Gasteiger partial charge in [-0.25, -0.2) is 4.79 Å². The second kappa shape index (κ2) is 11.6. The summed E-state index contributed by atoms with van der Waals surface area (Å²) in [6.07, 6.45) is 2.18. The monoisotopic (exact) mass is 496 g/mol. The molecule has 11 heteroatoms. The molecule has 1 saturated heterocycles. The SMILES string of the molecule is CC(=O)N(C[C@@H]1CN(Cc2ccc(Cl)c(Cl)c2)CCO1)Sc1ccc(C=CC(=O)O)nn1. The number of carboxylic acids is 1. The van der Waals surface area contributed by atoms with Crippen molar-refractivity contribution in [1.82, 2.24) is 19.4 Å². The molecule has 0 spiro atoms. The molecule has 1 aliphatic heterocycles. The van der Waals surface area contributed by atoms with E-state index in [9.17, 15) is 9.59 Å². The highest BCUT2D eigenvalue weighted by Crippen LogP contribution is 2.25. The summed E-state index contributed by atoms with van der Waals surface area (Å²) in [5.74, 6) is -1.19. The normalized spacial score (nSPS) is 16.9. The molecule has 170 valence electrons. The molecular weight excluding hydrogens is 475 g/mol. The molecule has 1 amide bonds. The van der Waals surface area contributed by atoms with Crippen LogP contribution in [0.5, 0.6) is 0 Å². The summed E-state index contributed by atoms with van der Waals surface area (Å²) >= 11 is 13.3. The Kier molecular flexibility index (Phi) is 8.89. The molecule has 0 bridgehead atoms. The van der Waals surface area contributed by atoms with Gasteiger partial charge >= 0.3 is 5.97 Å². The van der Waals surface area contributed by atoms with Gasteiger partial charge in [0.2, 0.25) is 5.91 Å². The number of morpholine rings is 1. The number of carbonyl (C=O) groups is 2. The molecule has 1 N–H and O–H groups in total. The predicted molar refractivity (Wildman–Crippen MR) is 123 cm³/mol. The van der Waals surface area contributed by atoms with Crippen molar-refractivity contribution < 1.29 is 19.4 Å². The molecule has 32 heavy (non-hydrogen) atoms. The molecule has 1 aromatic carbocycles. The van der Waals surface area contributed by atoms with E-state index in [0.29, 0.717) is 47.0 Å². The third-order valence-corrected chi connectivity index (χ3v) is 6.37. The van der Waals surface area contributed by atoms with Crippen LogP contribution in [0.1, 0.15) is 18.2 Å². The minimum atomic E-state index is -1.06. The second-order valence-electron chi connectivity index (χ2n) is 7.12. The van der Waals surface area contributed by atoms with Gasteiger partial charge in [-0.05, 0) is 35.9 Å². The van der Waals surface area contributed by atoms with E-state index in [4.69, 9.17) is 33.0 Å². The van der Waals surface area contributed by atoms with E-state index < -0.39 is 5.97 Å². The summed E-state index contributed by atoms with van der Waals surface area (Å²) in [6.45, 7) is 4.59. The number of carboxylic acid groups (broad SMARTS) is 1. The van der Waals surface area contributed by atoms with Crippen molar-refractivity contribution in [2.24, 2.45) is 0 Å². The molecular formula is C21H22Cl2N4O4S. The number of hydrogen-bond donors (Lipinski definition) is 1. The lowest BCUT2D eigenvalue weighted by Crippen LogP contribution is -2.46. The molecule has 1 atom stereocenters. The van der Waals surface area contributed by atoms with Crippen molar-refractivity contribution in [1.29, 1.82) is 0 Å². The Hall–Kier alpha value is -2.17. The van der Waals surface area contributed by atoms with E-state index in [1.54, 1.807) is 22.5 Å².